The fourth-order valence-corrected chi connectivity index (χ4v) is 3.03. The maximum atomic E-state index is 10.2. The van der Waals surface area contributed by atoms with Crippen molar-refractivity contribution in [2.24, 2.45) is 0 Å². The molecule has 0 aliphatic rings. The number of furan rings is 1. The van der Waals surface area contributed by atoms with Gasteiger partial charge in [-0.3, -0.25) is 4.68 Å². The smallest absolute Gasteiger partial charge is 0.103 e. The van der Waals surface area contributed by atoms with Crippen molar-refractivity contribution < 1.29 is 9.52 Å². The van der Waals surface area contributed by atoms with Gasteiger partial charge < -0.3 is 9.52 Å². The van der Waals surface area contributed by atoms with Crippen LogP contribution < -0.4 is 0 Å². The van der Waals surface area contributed by atoms with Crippen LogP contribution in [0.3, 0.4) is 0 Å². The molecule has 1 N–H and O–H groups in total. The Morgan fingerprint density at radius 1 is 1.45 bits per heavy atom. The number of aryl methyl sites for hydroxylation is 3. The first-order valence-corrected chi connectivity index (χ1v) is 7.89. The third-order valence-electron chi connectivity index (χ3n) is 3.43. The maximum Gasteiger partial charge on any atom is 0.103 e. The molecule has 0 radical (unpaired) electrons. The monoisotopic (exact) mass is 340 g/mol. The van der Waals surface area contributed by atoms with Crippen LogP contribution in [0.1, 0.15) is 37.4 Å². The van der Waals surface area contributed by atoms with Crippen LogP contribution in [0.4, 0.5) is 0 Å². The zero-order chi connectivity index (χ0) is 14.5. The van der Waals surface area contributed by atoms with Crippen LogP contribution in [0.5, 0.6) is 0 Å². The Balaban J connectivity index is 1.99. The summed E-state index contributed by atoms with van der Waals surface area (Å²) in [5.74, 6) is 0.918. The van der Waals surface area contributed by atoms with Crippen LogP contribution in [0.15, 0.2) is 27.3 Å². The highest BCUT2D eigenvalue weighted by molar-refractivity contribution is 9.10. The first-order chi connectivity index (χ1) is 9.65. The molecule has 0 aromatic carbocycles. The van der Waals surface area contributed by atoms with Gasteiger partial charge in [0.2, 0.25) is 0 Å². The molecule has 4 nitrogen and oxygen atoms in total. The normalized spacial score (nSPS) is 12.8. The molecule has 2 aromatic rings. The molecule has 1 unspecified atom stereocenters. The van der Waals surface area contributed by atoms with Crippen molar-refractivity contribution in [2.45, 2.75) is 52.2 Å². The van der Waals surface area contributed by atoms with E-state index >= 15 is 0 Å². The molecule has 0 aliphatic carbocycles. The molecule has 2 heterocycles. The first kappa shape index (κ1) is 15.3. The van der Waals surface area contributed by atoms with Crippen LogP contribution in [-0.4, -0.2) is 21.0 Å². The third-order valence-corrected chi connectivity index (χ3v) is 4.34. The van der Waals surface area contributed by atoms with Crippen LogP contribution in [0.25, 0.3) is 0 Å². The van der Waals surface area contributed by atoms with E-state index in [2.05, 4.69) is 34.9 Å². The zero-order valence-electron chi connectivity index (χ0n) is 12.0. The van der Waals surface area contributed by atoms with Crippen molar-refractivity contribution in [1.29, 1.82) is 0 Å². The van der Waals surface area contributed by atoms with Crippen molar-refractivity contribution >= 4 is 15.9 Å². The molecule has 0 bridgehead atoms. The maximum absolute atomic E-state index is 10.2. The Morgan fingerprint density at radius 3 is 2.85 bits per heavy atom. The Labute approximate surface area is 127 Å². The molecule has 110 valence electrons. The second kappa shape index (κ2) is 7.09. The molecule has 2 aromatic heterocycles. The van der Waals surface area contributed by atoms with Gasteiger partial charge in [0.05, 0.1) is 28.2 Å². The Bertz CT molecular complexity index is 534. The molecule has 0 aliphatic heterocycles. The molecular formula is C15H21BrN2O2. The van der Waals surface area contributed by atoms with Crippen molar-refractivity contribution in [3.63, 3.8) is 0 Å². The highest BCUT2D eigenvalue weighted by Gasteiger charge is 2.17. The van der Waals surface area contributed by atoms with Gasteiger partial charge in [-0.1, -0.05) is 6.92 Å². The molecule has 5 heteroatoms. The summed E-state index contributed by atoms with van der Waals surface area (Å²) in [5.41, 5.74) is 2.14. The van der Waals surface area contributed by atoms with Crippen molar-refractivity contribution in [3.05, 3.63) is 40.0 Å². The Morgan fingerprint density at radius 2 is 2.25 bits per heavy atom. The van der Waals surface area contributed by atoms with E-state index in [4.69, 9.17) is 4.42 Å². The van der Waals surface area contributed by atoms with Crippen LogP contribution in [-0.2, 0) is 25.8 Å². The number of halogens is 1. The van der Waals surface area contributed by atoms with Gasteiger partial charge in [0, 0.05) is 19.4 Å². The number of aliphatic hydroxyl groups is 1. The van der Waals surface area contributed by atoms with E-state index in [1.165, 1.54) is 0 Å². The summed E-state index contributed by atoms with van der Waals surface area (Å²) in [5, 5.41) is 14.8. The fraction of sp³-hybridized carbons (Fsp3) is 0.533. The molecule has 0 saturated heterocycles. The van der Waals surface area contributed by atoms with Gasteiger partial charge in [0.15, 0.2) is 0 Å². The molecule has 0 saturated carbocycles. The summed E-state index contributed by atoms with van der Waals surface area (Å²) in [6, 6.07) is 3.81. The minimum Gasteiger partial charge on any atom is -0.469 e. The average molecular weight is 341 g/mol. The Hall–Kier alpha value is -1.07. The zero-order valence-corrected chi connectivity index (χ0v) is 13.6. The standard InChI is InChI=1S/C15H21BrN2O2/c1-3-13-15(16)14(18(4-2)17-13)10-11(19)7-8-12-6-5-9-20-12/h5-6,9,11,19H,3-4,7-8,10H2,1-2H3. The predicted molar refractivity (Wildman–Crippen MR) is 81.7 cm³/mol. The molecular weight excluding hydrogens is 320 g/mol. The lowest BCUT2D eigenvalue weighted by Gasteiger charge is -2.11. The topological polar surface area (TPSA) is 51.2 Å². The lowest BCUT2D eigenvalue weighted by molar-refractivity contribution is 0.160. The van der Waals surface area contributed by atoms with E-state index in [0.29, 0.717) is 12.8 Å². The van der Waals surface area contributed by atoms with Gasteiger partial charge in [-0.25, -0.2) is 0 Å². The molecule has 20 heavy (non-hydrogen) atoms. The average Bonchev–Trinajstić information content (AvgIpc) is 3.06. The van der Waals surface area contributed by atoms with Gasteiger partial charge in [0.1, 0.15) is 5.76 Å². The first-order valence-electron chi connectivity index (χ1n) is 7.10. The third kappa shape index (κ3) is 3.52. The summed E-state index contributed by atoms with van der Waals surface area (Å²) >= 11 is 3.61. The lowest BCUT2D eigenvalue weighted by atomic mass is 10.1. The van der Waals surface area contributed by atoms with E-state index < -0.39 is 0 Å². The summed E-state index contributed by atoms with van der Waals surface area (Å²) in [6.45, 7) is 4.97. The van der Waals surface area contributed by atoms with E-state index in [-0.39, 0.29) is 6.10 Å². The quantitative estimate of drug-likeness (QED) is 0.840. The summed E-state index contributed by atoms with van der Waals surface area (Å²) < 4.78 is 8.30. The SMILES string of the molecule is CCc1nn(CC)c(CC(O)CCc2ccco2)c1Br. The van der Waals surface area contributed by atoms with E-state index in [1.807, 2.05) is 16.8 Å². The molecule has 2 rings (SSSR count). The van der Waals surface area contributed by atoms with Crippen molar-refractivity contribution in [1.82, 2.24) is 9.78 Å². The number of hydrogen-bond donors (Lipinski definition) is 1. The summed E-state index contributed by atoms with van der Waals surface area (Å²) in [7, 11) is 0. The van der Waals surface area contributed by atoms with Gasteiger partial charge in [0.25, 0.3) is 0 Å². The highest BCUT2D eigenvalue weighted by atomic mass is 79.9. The van der Waals surface area contributed by atoms with E-state index in [0.717, 1.165) is 41.0 Å². The number of aromatic nitrogens is 2. The minimum atomic E-state index is -0.386. The summed E-state index contributed by atoms with van der Waals surface area (Å²) in [6.07, 6.45) is 4.23. The van der Waals surface area contributed by atoms with E-state index in [1.54, 1.807) is 6.26 Å². The molecule has 0 spiro atoms. The van der Waals surface area contributed by atoms with Crippen molar-refractivity contribution in [3.8, 4) is 0 Å². The van der Waals surface area contributed by atoms with Crippen LogP contribution in [0, 0.1) is 0 Å². The predicted octanol–water partition coefficient (Wildman–Crippen LogP) is 3.36. The fourth-order valence-electron chi connectivity index (χ4n) is 2.30. The number of hydrogen-bond acceptors (Lipinski definition) is 3. The van der Waals surface area contributed by atoms with Gasteiger partial charge in [-0.2, -0.15) is 5.10 Å². The van der Waals surface area contributed by atoms with Gasteiger partial charge in [-0.05, 0) is 47.8 Å². The molecule has 1 atom stereocenters. The molecule has 0 fully saturated rings. The second-order valence-corrected chi connectivity index (χ2v) is 5.65. The Kier molecular flexibility index (Phi) is 5.43. The molecule has 0 amide bonds. The van der Waals surface area contributed by atoms with E-state index in [9.17, 15) is 5.11 Å². The van der Waals surface area contributed by atoms with Gasteiger partial charge in [-0.15, -0.1) is 0 Å². The number of aliphatic hydroxyl groups excluding tert-OH is 1. The number of rotatable bonds is 7. The second-order valence-electron chi connectivity index (χ2n) is 4.85. The summed E-state index contributed by atoms with van der Waals surface area (Å²) in [4.78, 5) is 0. The van der Waals surface area contributed by atoms with Crippen LogP contribution >= 0.6 is 15.9 Å². The largest absolute Gasteiger partial charge is 0.469 e. The van der Waals surface area contributed by atoms with Crippen molar-refractivity contribution in [2.75, 3.05) is 0 Å². The van der Waals surface area contributed by atoms with Gasteiger partial charge >= 0.3 is 0 Å². The number of nitrogens with zero attached hydrogens (tertiary/aromatic N) is 2. The highest BCUT2D eigenvalue weighted by Crippen LogP contribution is 2.24. The van der Waals surface area contributed by atoms with Crippen LogP contribution in [0.2, 0.25) is 0 Å². The minimum absolute atomic E-state index is 0.386. The lowest BCUT2D eigenvalue weighted by Crippen LogP contribution is -2.15.